The summed E-state index contributed by atoms with van der Waals surface area (Å²) in [6.07, 6.45) is -4.56. The Hall–Kier alpha value is -1.95. The molecule has 0 saturated carbocycles. The molecule has 2 rings (SSSR count). The van der Waals surface area contributed by atoms with Crippen molar-refractivity contribution in [3.8, 4) is 11.1 Å². The Morgan fingerprint density at radius 3 is 2.16 bits per heavy atom. The van der Waals surface area contributed by atoms with E-state index in [1.165, 1.54) is 30.3 Å². The molecule has 1 N–H and O–H groups in total. The molecule has 19 heavy (non-hydrogen) atoms. The monoisotopic (exact) mass is 271 g/mol. The van der Waals surface area contributed by atoms with Gasteiger partial charge in [-0.25, -0.2) is 9.37 Å². The van der Waals surface area contributed by atoms with Gasteiger partial charge in [0.2, 0.25) is 0 Å². The van der Waals surface area contributed by atoms with E-state index in [0.29, 0.717) is 11.1 Å². The van der Waals surface area contributed by atoms with Crippen LogP contribution < -0.4 is 0 Å². The summed E-state index contributed by atoms with van der Waals surface area (Å²) in [5.41, 5.74) is -0.328. The molecule has 0 radical (unpaired) electrons. The Balaban J connectivity index is 2.50. The van der Waals surface area contributed by atoms with Crippen molar-refractivity contribution in [2.45, 2.75) is 12.8 Å². The molecular formula is C13H9F4NO. The Kier molecular flexibility index (Phi) is 3.53. The van der Waals surface area contributed by atoms with Crippen molar-refractivity contribution in [3.05, 3.63) is 53.6 Å². The fraction of sp³-hybridized carbons (Fsp3) is 0.154. The van der Waals surface area contributed by atoms with Crippen LogP contribution in [0.25, 0.3) is 11.1 Å². The number of aliphatic hydroxyl groups is 1. The maximum absolute atomic E-state index is 12.8. The number of rotatable bonds is 2. The van der Waals surface area contributed by atoms with Crippen LogP contribution in [0, 0.1) is 5.82 Å². The van der Waals surface area contributed by atoms with E-state index >= 15 is 0 Å². The minimum Gasteiger partial charge on any atom is -0.390 e. The van der Waals surface area contributed by atoms with E-state index in [9.17, 15) is 17.6 Å². The van der Waals surface area contributed by atoms with E-state index in [-0.39, 0.29) is 5.69 Å². The van der Waals surface area contributed by atoms with Gasteiger partial charge in [0.25, 0.3) is 0 Å². The van der Waals surface area contributed by atoms with Crippen molar-refractivity contribution in [3.63, 3.8) is 0 Å². The fourth-order valence-electron chi connectivity index (χ4n) is 1.67. The molecule has 0 aliphatic rings. The van der Waals surface area contributed by atoms with E-state index < -0.39 is 24.3 Å². The zero-order valence-corrected chi connectivity index (χ0v) is 9.58. The van der Waals surface area contributed by atoms with Gasteiger partial charge in [-0.3, -0.25) is 0 Å². The van der Waals surface area contributed by atoms with Gasteiger partial charge in [-0.1, -0.05) is 18.2 Å². The highest BCUT2D eigenvalue weighted by Gasteiger charge is 2.32. The third-order valence-corrected chi connectivity index (χ3v) is 2.57. The van der Waals surface area contributed by atoms with Crippen molar-refractivity contribution in [2.75, 3.05) is 0 Å². The molecule has 1 heterocycles. The highest BCUT2D eigenvalue weighted by atomic mass is 19.4. The van der Waals surface area contributed by atoms with E-state index in [0.717, 1.165) is 6.07 Å². The standard InChI is InChI=1S/C13H9F4NO/c14-9-3-1-8(2-4-9)10-5-6-12(13(15,16)17)18-11(10)7-19/h1-6,19H,7H2. The van der Waals surface area contributed by atoms with Gasteiger partial charge >= 0.3 is 6.18 Å². The molecule has 0 saturated heterocycles. The van der Waals surface area contributed by atoms with Crippen LogP contribution in [0.1, 0.15) is 11.4 Å². The van der Waals surface area contributed by atoms with Crippen LogP contribution in [0.5, 0.6) is 0 Å². The molecule has 0 atom stereocenters. The van der Waals surface area contributed by atoms with Crippen molar-refractivity contribution < 1.29 is 22.7 Å². The highest BCUT2D eigenvalue weighted by Crippen LogP contribution is 2.31. The largest absolute Gasteiger partial charge is 0.433 e. The van der Waals surface area contributed by atoms with E-state index in [1.807, 2.05) is 0 Å². The van der Waals surface area contributed by atoms with Gasteiger partial charge in [-0.15, -0.1) is 0 Å². The van der Waals surface area contributed by atoms with Crippen molar-refractivity contribution in [2.24, 2.45) is 0 Å². The molecule has 2 nitrogen and oxygen atoms in total. The van der Waals surface area contributed by atoms with Gasteiger partial charge in [0, 0.05) is 5.56 Å². The fourth-order valence-corrected chi connectivity index (χ4v) is 1.67. The number of aromatic nitrogens is 1. The lowest BCUT2D eigenvalue weighted by Crippen LogP contribution is -2.10. The Bertz CT molecular complexity index is 578. The van der Waals surface area contributed by atoms with Crippen LogP contribution in [-0.2, 0) is 12.8 Å². The smallest absolute Gasteiger partial charge is 0.390 e. The molecule has 0 aliphatic heterocycles. The number of hydrogen-bond donors (Lipinski definition) is 1. The quantitative estimate of drug-likeness (QED) is 0.849. The van der Waals surface area contributed by atoms with Crippen LogP contribution in [-0.4, -0.2) is 10.1 Å². The maximum atomic E-state index is 12.8. The first-order chi connectivity index (χ1) is 8.91. The molecule has 1 aromatic heterocycles. The molecule has 6 heteroatoms. The summed E-state index contributed by atoms with van der Waals surface area (Å²) in [6.45, 7) is -0.628. The first-order valence-electron chi connectivity index (χ1n) is 5.35. The van der Waals surface area contributed by atoms with Crippen LogP contribution in [0.3, 0.4) is 0 Å². The summed E-state index contributed by atoms with van der Waals surface area (Å²) < 4.78 is 50.3. The molecule has 0 bridgehead atoms. The minimum absolute atomic E-state index is 0.0959. The topological polar surface area (TPSA) is 33.1 Å². The molecule has 0 fully saturated rings. The summed E-state index contributed by atoms with van der Waals surface area (Å²) in [6, 6.07) is 7.26. The lowest BCUT2D eigenvalue weighted by Gasteiger charge is -2.11. The Labute approximate surface area is 106 Å². The van der Waals surface area contributed by atoms with Crippen LogP contribution in [0.2, 0.25) is 0 Å². The number of pyridine rings is 1. The number of alkyl halides is 3. The second kappa shape index (κ2) is 4.97. The Morgan fingerprint density at radius 1 is 1.00 bits per heavy atom. The molecule has 0 spiro atoms. The lowest BCUT2D eigenvalue weighted by atomic mass is 10.0. The predicted molar refractivity (Wildman–Crippen MR) is 60.6 cm³/mol. The third-order valence-electron chi connectivity index (χ3n) is 2.57. The van der Waals surface area contributed by atoms with E-state index in [1.54, 1.807) is 0 Å². The van der Waals surface area contributed by atoms with Gasteiger partial charge < -0.3 is 5.11 Å². The summed E-state index contributed by atoms with van der Waals surface area (Å²) in [4.78, 5) is 3.39. The average molecular weight is 271 g/mol. The van der Waals surface area contributed by atoms with Crippen LogP contribution >= 0.6 is 0 Å². The van der Waals surface area contributed by atoms with Gasteiger partial charge in [0.15, 0.2) is 0 Å². The number of aliphatic hydroxyl groups excluding tert-OH is 1. The number of halogens is 4. The third kappa shape index (κ3) is 2.90. The lowest BCUT2D eigenvalue weighted by molar-refractivity contribution is -0.141. The number of nitrogens with zero attached hydrogens (tertiary/aromatic N) is 1. The van der Waals surface area contributed by atoms with E-state index in [2.05, 4.69) is 4.98 Å². The molecule has 0 unspecified atom stereocenters. The second-order valence-corrected chi connectivity index (χ2v) is 3.85. The maximum Gasteiger partial charge on any atom is 0.433 e. The van der Waals surface area contributed by atoms with Crippen LogP contribution in [0.4, 0.5) is 17.6 Å². The van der Waals surface area contributed by atoms with Crippen molar-refractivity contribution >= 4 is 0 Å². The van der Waals surface area contributed by atoms with Crippen LogP contribution in [0.15, 0.2) is 36.4 Å². The molecule has 0 aliphatic carbocycles. The molecule has 1 aromatic carbocycles. The normalized spacial score (nSPS) is 11.6. The zero-order valence-electron chi connectivity index (χ0n) is 9.58. The molecular weight excluding hydrogens is 262 g/mol. The highest BCUT2D eigenvalue weighted by molar-refractivity contribution is 5.65. The summed E-state index contributed by atoms with van der Waals surface area (Å²) in [7, 11) is 0. The molecule has 0 amide bonds. The van der Waals surface area contributed by atoms with Gasteiger partial charge in [-0.05, 0) is 23.8 Å². The summed E-state index contributed by atoms with van der Waals surface area (Å²) >= 11 is 0. The number of hydrogen-bond acceptors (Lipinski definition) is 2. The zero-order chi connectivity index (χ0) is 14.0. The average Bonchev–Trinajstić information content (AvgIpc) is 2.38. The Morgan fingerprint density at radius 2 is 1.63 bits per heavy atom. The van der Waals surface area contributed by atoms with Gasteiger partial charge in [0.05, 0.1) is 12.3 Å². The predicted octanol–water partition coefficient (Wildman–Crippen LogP) is 3.40. The van der Waals surface area contributed by atoms with Crippen molar-refractivity contribution in [1.82, 2.24) is 4.98 Å². The number of benzene rings is 1. The summed E-state index contributed by atoms with van der Waals surface area (Å²) in [5.74, 6) is -0.450. The van der Waals surface area contributed by atoms with Gasteiger partial charge in [0.1, 0.15) is 11.5 Å². The molecule has 100 valence electrons. The second-order valence-electron chi connectivity index (χ2n) is 3.85. The molecule has 2 aromatic rings. The van der Waals surface area contributed by atoms with Gasteiger partial charge in [-0.2, -0.15) is 13.2 Å². The SMILES string of the molecule is OCc1nc(C(F)(F)F)ccc1-c1ccc(F)cc1. The summed E-state index contributed by atoms with van der Waals surface area (Å²) in [5, 5.41) is 9.12. The van der Waals surface area contributed by atoms with E-state index in [4.69, 9.17) is 5.11 Å². The van der Waals surface area contributed by atoms with Crippen molar-refractivity contribution in [1.29, 1.82) is 0 Å². The minimum atomic E-state index is -4.56. The first-order valence-corrected chi connectivity index (χ1v) is 5.35. The first kappa shape index (κ1) is 13.5.